The summed E-state index contributed by atoms with van der Waals surface area (Å²) in [7, 11) is 0. The third-order valence-electron chi connectivity index (χ3n) is 5.18. The van der Waals surface area contributed by atoms with Crippen LogP contribution < -0.4 is 5.32 Å². The zero-order chi connectivity index (χ0) is 20.3. The number of rotatable bonds is 6. The Morgan fingerprint density at radius 2 is 1.55 bits per heavy atom. The standard InChI is InChI=1S/C24H21NO4/c26-22(25-16-17-9-3-1-4-10-17)15-21(18-11-5-2-6-12-18)24(28)20-14-8-7-13-19(20)23(27)29-24/h1-14,21,28H,15-16H2,(H,25,26). The lowest BCUT2D eigenvalue weighted by atomic mass is 9.83. The van der Waals surface area contributed by atoms with Gasteiger partial charge in [-0.05, 0) is 17.2 Å². The number of esters is 1. The summed E-state index contributed by atoms with van der Waals surface area (Å²) in [5.74, 6) is -3.48. The Kier molecular flexibility index (Phi) is 5.14. The van der Waals surface area contributed by atoms with E-state index in [1.54, 1.807) is 24.3 Å². The van der Waals surface area contributed by atoms with Crippen molar-refractivity contribution in [2.75, 3.05) is 0 Å². The molecule has 0 fully saturated rings. The van der Waals surface area contributed by atoms with Crippen LogP contribution in [-0.2, 0) is 21.9 Å². The maximum atomic E-state index is 12.7. The van der Waals surface area contributed by atoms with Crippen LogP contribution >= 0.6 is 0 Å². The number of benzene rings is 3. The lowest BCUT2D eigenvalue weighted by molar-refractivity contribution is -0.183. The molecule has 4 rings (SSSR count). The van der Waals surface area contributed by atoms with Crippen LogP contribution in [0.5, 0.6) is 0 Å². The molecule has 0 saturated heterocycles. The van der Waals surface area contributed by atoms with Crippen LogP contribution in [0.2, 0.25) is 0 Å². The van der Waals surface area contributed by atoms with Crippen LogP contribution in [0.1, 0.15) is 39.4 Å². The van der Waals surface area contributed by atoms with Gasteiger partial charge >= 0.3 is 5.97 Å². The molecule has 3 aromatic carbocycles. The first-order chi connectivity index (χ1) is 14.1. The minimum Gasteiger partial charge on any atom is -0.424 e. The normalized spacial score (nSPS) is 18.6. The molecule has 5 heteroatoms. The minimum atomic E-state index is -1.90. The van der Waals surface area contributed by atoms with E-state index in [1.165, 1.54) is 0 Å². The third-order valence-corrected chi connectivity index (χ3v) is 5.18. The van der Waals surface area contributed by atoms with Gasteiger partial charge in [0.25, 0.3) is 0 Å². The van der Waals surface area contributed by atoms with Crippen LogP contribution in [0.4, 0.5) is 0 Å². The zero-order valence-electron chi connectivity index (χ0n) is 15.7. The summed E-state index contributed by atoms with van der Waals surface area (Å²) >= 11 is 0. The fourth-order valence-electron chi connectivity index (χ4n) is 3.71. The second-order valence-electron chi connectivity index (χ2n) is 7.06. The number of cyclic esters (lactones) is 1. The largest absolute Gasteiger partial charge is 0.424 e. The molecule has 2 unspecified atom stereocenters. The van der Waals surface area contributed by atoms with Crippen molar-refractivity contribution in [3.63, 3.8) is 0 Å². The highest BCUT2D eigenvalue weighted by atomic mass is 16.7. The number of hydrogen-bond donors (Lipinski definition) is 2. The summed E-state index contributed by atoms with van der Waals surface area (Å²) in [4.78, 5) is 25.1. The number of carbonyl (C=O) groups excluding carboxylic acids is 2. The topological polar surface area (TPSA) is 75.6 Å². The number of fused-ring (bicyclic) bond motifs is 1. The van der Waals surface area contributed by atoms with Crippen LogP contribution in [0.25, 0.3) is 0 Å². The second kappa shape index (κ2) is 7.89. The number of carbonyl (C=O) groups is 2. The molecule has 29 heavy (non-hydrogen) atoms. The molecule has 0 spiro atoms. The second-order valence-corrected chi connectivity index (χ2v) is 7.06. The van der Waals surface area contributed by atoms with Gasteiger partial charge in [-0.25, -0.2) is 4.79 Å². The molecule has 3 aromatic rings. The number of amides is 1. The van der Waals surface area contributed by atoms with E-state index in [9.17, 15) is 14.7 Å². The molecule has 0 bridgehead atoms. The Morgan fingerprint density at radius 1 is 0.931 bits per heavy atom. The fraction of sp³-hybridized carbons (Fsp3) is 0.167. The van der Waals surface area contributed by atoms with Crippen molar-refractivity contribution in [2.24, 2.45) is 0 Å². The number of nitrogens with one attached hydrogen (secondary N) is 1. The molecule has 1 aliphatic rings. The lowest BCUT2D eigenvalue weighted by Gasteiger charge is -2.32. The molecule has 0 radical (unpaired) electrons. The van der Waals surface area contributed by atoms with Gasteiger partial charge in [-0.2, -0.15) is 0 Å². The van der Waals surface area contributed by atoms with Crippen LogP contribution in [0.15, 0.2) is 84.9 Å². The van der Waals surface area contributed by atoms with E-state index in [4.69, 9.17) is 4.74 Å². The number of hydrogen-bond acceptors (Lipinski definition) is 4. The maximum Gasteiger partial charge on any atom is 0.341 e. The van der Waals surface area contributed by atoms with Gasteiger partial charge in [0.1, 0.15) is 0 Å². The lowest BCUT2D eigenvalue weighted by Crippen LogP contribution is -2.37. The van der Waals surface area contributed by atoms with Gasteiger partial charge in [0, 0.05) is 18.5 Å². The molecule has 1 amide bonds. The van der Waals surface area contributed by atoms with Crippen molar-refractivity contribution in [3.05, 3.63) is 107 Å². The predicted molar refractivity (Wildman–Crippen MR) is 108 cm³/mol. The monoisotopic (exact) mass is 387 g/mol. The highest BCUT2D eigenvalue weighted by molar-refractivity contribution is 5.94. The van der Waals surface area contributed by atoms with E-state index in [2.05, 4.69) is 5.32 Å². The van der Waals surface area contributed by atoms with Crippen molar-refractivity contribution < 1.29 is 19.4 Å². The predicted octanol–water partition coefficient (Wildman–Crippen LogP) is 3.49. The minimum absolute atomic E-state index is 0.0328. The Labute approximate surface area is 169 Å². The fourth-order valence-corrected chi connectivity index (χ4v) is 3.71. The smallest absolute Gasteiger partial charge is 0.341 e. The van der Waals surface area contributed by atoms with Crippen LogP contribution in [-0.4, -0.2) is 17.0 Å². The zero-order valence-corrected chi connectivity index (χ0v) is 15.7. The van der Waals surface area contributed by atoms with Crippen LogP contribution in [0, 0.1) is 0 Å². The number of ether oxygens (including phenoxy) is 1. The Balaban J connectivity index is 1.61. The van der Waals surface area contributed by atoms with Crippen molar-refractivity contribution in [3.8, 4) is 0 Å². The maximum absolute atomic E-state index is 12.7. The molecular weight excluding hydrogens is 366 g/mol. The quantitative estimate of drug-likeness (QED) is 0.635. The average Bonchev–Trinajstić information content (AvgIpc) is 3.03. The summed E-state index contributed by atoms with van der Waals surface area (Å²) in [5, 5.41) is 14.3. The number of aliphatic hydroxyl groups is 1. The van der Waals surface area contributed by atoms with Crippen molar-refractivity contribution >= 4 is 11.9 Å². The highest BCUT2D eigenvalue weighted by Gasteiger charge is 2.51. The van der Waals surface area contributed by atoms with Gasteiger partial charge in [-0.15, -0.1) is 0 Å². The van der Waals surface area contributed by atoms with Gasteiger partial charge in [0.05, 0.1) is 11.5 Å². The molecule has 1 heterocycles. The van der Waals surface area contributed by atoms with E-state index in [1.807, 2.05) is 60.7 Å². The van der Waals surface area contributed by atoms with E-state index < -0.39 is 17.7 Å². The van der Waals surface area contributed by atoms with E-state index >= 15 is 0 Å². The molecule has 1 aliphatic heterocycles. The van der Waals surface area contributed by atoms with Gasteiger partial charge in [-0.1, -0.05) is 78.9 Å². The summed E-state index contributed by atoms with van der Waals surface area (Å²) in [6, 6.07) is 25.5. The average molecular weight is 387 g/mol. The third kappa shape index (κ3) is 3.77. The summed E-state index contributed by atoms with van der Waals surface area (Å²) in [5.41, 5.74) is 2.40. The molecule has 5 nitrogen and oxygen atoms in total. The molecule has 0 aliphatic carbocycles. The molecule has 2 atom stereocenters. The van der Waals surface area contributed by atoms with Gasteiger partial charge in [0.15, 0.2) is 0 Å². The summed E-state index contributed by atoms with van der Waals surface area (Å²) < 4.78 is 5.44. The first kappa shape index (κ1) is 18.9. The van der Waals surface area contributed by atoms with Crippen molar-refractivity contribution in [1.29, 1.82) is 0 Å². The molecule has 146 valence electrons. The van der Waals surface area contributed by atoms with E-state index in [0.717, 1.165) is 11.1 Å². The van der Waals surface area contributed by atoms with Gasteiger partial charge in [-0.3, -0.25) is 4.79 Å². The molecule has 2 N–H and O–H groups in total. The van der Waals surface area contributed by atoms with E-state index in [0.29, 0.717) is 17.7 Å². The molecule has 0 saturated carbocycles. The first-order valence-corrected chi connectivity index (χ1v) is 9.49. The Hall–Kier alpha value is -3.44. The summed E-state index contributed by atoms with van der Waals surface area (Å²) in [6.07, 6.45) is -0.0328. The van der Waals surface area contributed by atoms with E-state index in [-0.39, 0.29) is 12.3 Å². The van der Waals surface area contributed by atoms with Crippen molar-refractivity contribution in [1.82, 2.24) is 5.32 Å². The highest BCUT2D eigenvalue weighted by Crippen LogP contribution is 2.46. The SMILES string of the molecule is O=C(CC(c1ccccc1)C1(O)OC(=O)c2ccccc21)NCc1ccccc1. The summed E-state index contributed by atoms with van der Waals surface area (Å²) in [6.45, 7) is 0.385. The van der Waals surface area contributed by atoms with Crippen molar-refractivity contribution in [2.45, 2.75) is 24.7 Å². The van der Waals surface area contributed by atoms with Crippen LogP contribution in [0.3, 0.4) is 0 Å². The van der Waals surface area contributed by atoms with Gasteiger partial charge in [0.2, 0.25) is 11.7 Å². The Bertz CT molecular complexity index is 1020. The first-order valence-electron chi connectivity index (χ1n) is 9.49. The molecule has 0 aromatic heterocycles. The molecular formula is C24H21NO4. The Morgan fingerprint density at radius 3 is 2.28 bits per heavy atom. The van der Waals surface area contributed by atoms with Gasteiger partial charge < -0.3 is 15.2 Å².